The summed E-state index contributed by atoms with van der Waals surface area (Å²) in [5, 5.41) is 7.55. The molecule has 1 fully saturated rings. The lowest BCUT2D eigenvalue weighted by Gasteiger charge is -2.24. The van der Waals surface area contributed by atoms with E-state index in [2.05, 4.69) is 10.6 Å². The van der Waals surface area contributed by atoms with E-state index in [0.29, 0.717) is 28.2 Å². The topological polar surface area (TPSA) is 87.7 Å². The highest BCUT2D eigenvalue weighted by Crippen LogP contribution is 2.34. The van der Waals surface area contributed by atoms with Gasteiger partial charge in [-0.15, -0.1) is 11.3 Å². The molecule has 4 rings (SSSR count). The quantitative estimate of drug-likeness (QED) is 0.462. The molecule has 0 bridgehead atoms. The largest absolute Gasteiger partial charge is 0.438 e. The fourth-order valence-corrected chi connectivity index (χ4v) is 4.38. The molecular weight excluding hydrogens is 469 g/mol. The summed E-state index contributed by atoms with van der Waals surface area (Å²) in [6, 6.07) is 15.3. The van der Waals surface area contributed by atoms with Crippen molar-refractivity contribution < 1.29 is 23.5 Å². The third-order valence-corrected chi connectivity index (χ3v) is 6.41. The van der Waals surface area contributed by atoms with Crippen molar-refractivity contribution in [3.05, 3.63) is 87.9 Å². The first-order valence-corrected chi connectivity index (χ1v) is 12.1. The summed E-state index contributed by atoms with van der Waals surface area (Å²) in [5.74, 6) is -0.691. The predicted octanol–water partition coefficient (Wildman–Crippen LogP) is 4.97. The molecule has 0 aliphatic carbocycles. The van der Waals surface area contributed by atoms with Crippen LogP contribution in [0.5, 0.6) is 0 Å². The summed E-state index contributed by atoms with van der Waals surface area (Å²) in [4.78, 5) is 40.3. The van der Waals surface area contributed by atoms with Gasteiger partial charge in [0.2, 0.25) is 5.91 Å². The number of nitrogens with zero attached hydrogens (tertiary/aromatic N) is 1. The van der Waals surface area contributed by atoms with Gasteiger partial charge in [0.1, 0.15) is 5.82 Å². The molecule has 7 nitrogen and oxygen atoms in total. The van der Waals surface area contributed by atoms with E-state index >= 15 is 0 Å². The number of cyclic esters (lactones) is 1. The maximum absolute atomic E-state index is 13.3. The highest BCUT2D eigenvalue weighted by molar-refractivity contribution is 7.12. The second-order valence-corrected chi connectivity index (χ2v) is 9.64. The minimum absolute atomic E-state index is 0.102. The monoisotopic (exact) mass is 495 g/mol. The number of hydrogen-bond acceptors (Lipinski definition) is 5. The van der Waals surface area contributed by atoms with E-state index in [0.717, 1.165) is 0 Å². The van der Waals surface area contributed by atoms with Crippen LogP contribution in [0.4, 0.5) is 14.9 Å². The van der Waals surface area contributed by atoms with Gasteiger partial charge in [0.15, 0.2) is 12.1 Å². The molecule has 1 saturated heterocycles. The fraction of sp³-hybridized carbons (Fsp3) is 0.269. The summed E-state index contributed by atoms with van der Waals surface area (Å²) < 4.78 is 19.0. The maximum Gasteiger partial charge on any atom is 0.411 e. The Labute approximate surface area is 206 Å². The van der Waals surface area contributed by atoms with Gasteiger partial charge in [0.25, 0.3) is 5.91 Å². The minimum Gasteiger partial charge on any atom is -0.438 e. The number of nitrogens with one attached hydrogen (secondary N) is 2. The van der Waals surface area contributed by atoms with Crippen LogP contribution in [0.15, 0.2) is 66.0 Å². The predicted molar refractivity (Wildman–Crippen MR) is 132 cm³/mol. The third kappa shape index (κ3) is 5.86. The zero-order valence-electron chi connectivity index (χ0n) is 19.4. The van der Waals surface area contributed by atoms with Crippen molar-refractivity contribution in [2.24, 2.45) is 5.92 Å². The first-order valence-electron chi connectivity index (χ1n) is 11.3. The molecule has 2 aromatic carbocycles. The lowest BCUT2D eigenvalue weighted by Crippen LogP contribution is -2.47. The van der Waals surface area contributed by atoms with Crippen molar-refractivity contribution >= 4 is 34.9 Å². The zero-order chi connectivity index (χ0) is 24.9. The van der Waals surface area contributed by atoms with Crippen LogP contribution in [-0.2, 0) is 16.1 Å². The summed E-state index contributed by atoms with van der Waals surface area (Å²) in [5.41, 5.74) is 1.89. The lowest BCUT2D eigenvalue weighted by molar-refractivity contribution is -0.126. The molecule has 1 aromatic heterocycles. The van der Waals surface area contributed by atoms with Crippen LogP contribution in [0, 0.1) is 11.7 Å². The maximum atomic E-state index is 13.3. The normalized spacial score (nSPS) is 17.4. The molecule has 1 aliphatic heterocycles. The van der Waals surface area contributed by atoms with Crippen LogP contribution >= 0.6 is 11.3 Å². The molecule has 2 heterocycles. The Morgan fingerprint density at radius 2 is 1.80 bits per heavy atom. The number of carbonyl (C=O) groups is 3. The Morgan fingerprint density at radius 3 is 2.43 bits per heavy atom. The van der Waals surface area contributed by atoms with Gasteiger partial charge in [-0.2, -0.15) is 0 Å². The second-order valence-electron chi connectivity index (χ2n) is 8.70. The number of thiophene rings is 1. The van der Waals surface area contributed by atoms with E-state index in [1.165, 1.54) is 28.4 Å². The van der Waals surface area contributed by atoms with Crippen LogP contribution in [-0.4, -0.2) is 35.4 Å². The molecule has 0 saturated carbocycles. The lowest BCUT2D eigenvalue weighted by atomic mass is 10.00. The number of halogens is 1. The molecule has 3 amide bonds. The molecule has 3 aromatic rings. The summed E-state index contributed by atoms with van der Waals surface area (Å²) in [7, 11) is 0. The molecule has 0 unspecified atom stereocenters. The molecule has 2 N–H and O–H groups in total. The summed E-state index contributed by atoms with van der Waals surface area (Å²) >= 11 is 1.35. The van der Waals surface area contributed by atoms with Crippen molar-refractivity contribution in [1.29, 1.82) is 0 Å². The van der Waals surface area contributed by atoms with Gasteiger partial charge in [0.05, 0.1) is 11.4 Å². The molecule has 35 heavy (non-hydrogen) atoms. The molecule has 182 valence electrons. The number of amides is 3. The van der Waals surface area contributed by atoms with E-state index in [1.54, 1.807) is 48.5 Å². The van der Waals surface area contributed by atoms with Gasteiger partial charge in [-0.3, -0.25) is 14.5 Å². The molecule has 0 radical (unpaired) electrons. The standard InChI is InChI=1S/C26H26FN3O4S/c1-16(2)14-28-25(32)22-23(34-26(33)30(22)15-17-5-9-19(27)10-6-17)18-7-11-20(12-8-18)29-24(31)21-4-3-13-35-21/h3-13,16,22-23H,14-15H2,1-2H3,(H,28,32)(H,29,31)/t22-,23+/m0/s1. The van der Waals surface area contributed by atoms with Gasteiger partial charge in [0, 0.05) is 12.2 Å². The Bertz CT molecular complexity index is 1180. The van der Waals surface area contributed by atoms with E-state index < -0.39 is 18.2 Å². The van der Waals surface area contributed by atoms with E-state index in [1.807, 2.05) is 19.2 Å². The summed E-state index contributed by atoms with van der Waals surface area (Å²) in [6.07, 6.45) is -1.46. The van der Waals surface area contributed by atoms with Crippen LogP contribution in [0.1, 0.15) is 40.8 Å². The van der Waals surface area contributed by atoms with Crippen molar-refractivity contribution in [2.75, 3.05) is 11.9 Å². The van der Waals surface area contributed by atoms with Gasteiger partial charge in [-0.1, -0.05) is 44.2 Å². The number of benzene rings is 2. The Hall–Kier alpha value is -3.72. The first-order chi connectivity index (χ1) is 16.8. The van der Waals surface area contributed by atoms with Crippen molar-refractivity contribution in [3.8, 4) is 0 Å². The average molecular weight is 496 g/mol. The third-order valence-electron chi connectivity index (χ3n) is 5.55. The highest BCUT2D eigenvalue weighted by atomic mass is 32.1. The molecule has 0 spiro atoms. The minimum atomic E-state index is -0.905. The average Bonchev–Trinajstić information content (AvgIpc) is 3.48. The smallest absolute Gasteiger partial charge is 0.411 e. The number of hydrogen-bond donors (Lipinski definition) is 2. The van der Waals surface area contributed by atoms with E-state index in [9.17, 15) is 18.8 Å². The van der Waals surface area contributed by atoms with Gasteiger partial charge in [-0.05, 0) is 52.8 Å². The molecular formula is C26H26FN3O4S. The van der Waals surface area contributed by atoms with Crippen molar-refractivity contribution in [1.82, 2.24) is 10.2 Å². The zero-order valence-corrected chi connectivity index (χ0v) is 20.2. The number of carbonyl (C=O) groups excluding carboxylic acids is 3. The SMILES string of the molecule is CC(C)CNC(=O)[C@@H]1[C@@H](c2ccc(NC(=O)c3cccs3)cc2)OC(=O)N1Cc1ccc(F)cc1. The molecule has 2 atom stereocenters. The van der Waals surface area contributed by atoms with Crippen molar-refractivity contribution in [3.63, 3.8) is 0 Å². The van der Waals surface area contributed by atoms with Gasteiger partial charge >= 0.3 is 6.09 Å². The first kappa shape index (κ1) is 24.4. The van der Waals surface area contributed by atoms with Gasteiger partial charge in [-0.25, -0.2) is 9.18 Å². The number of ether oxygens (including phenoxy) is 1. The van der Waals surface area contributed by atoms with E-state index in [-0.39, 0.29) is 30.1 Å². The molecule has 9 heteroatoms. The van der Waals surface area contributed by atoms with E-state index in [4.69, 9.17) is 4.74 Å². The Kier molecular flexibility index (Phi) is 7.45. The van der Waals surface area contributed by atoms with Crippen LogP contribution < -0.4 is 10.6 Å². The van der Waals surface area contributed by atoms with Gasteiger partial charge < -0.3 is 15.4 Å². The van der Waals surface area contributed by atoms with Crippen LogP contribution in [0.3, 0.4) is 0 Å². The Morgan fingerprint density at radius 1 is 1.09 bits per heavy atom. The second kappa shape index (κ2) is 10.7. The Balaban J connectivity index is 1.55. The number of anilines is 1. The molecule has 1 aliphatic rings. The fourth-order valence-electron chi connectivity index (χ4n) is 3.76. The number of rotatable bonds is 8. The van der Waals surface area contributed by atoms with Crippen molar-refractivity contribution in [2.45, 2.75) is 32.5 Å². The van der Waals surface area contributed by atoms with Crippen LogP contribution in [0.25, 0.3) is 0 Å². The van der Waals surface area contributed by atoms with Crippen LogP contribution in [0.2, 0.25) is 0 Å². The highest BCUT2D eigenvalue weighted by Gasteiger charge is 2.46. The summed E-state index contributed by atoms with van der Waals surface area (Å²) in [6.45, 7) is 4.51.